The molecule has 6 heteroatoms. The number of rotatable bonds is 7. The molecule has 0 heterocycles. The van der Waals surface area contributed by atoms with Crippen LogP contribution < -0.4 is 4.74 Å². The molecule has 0 fully saturated rings. The third kappa shape index (κ3) is 5.04. The summed E-state index contributed by atoms with van der Waals surface area (Å²) >= 11 is 5.78. The lowest BCUT2D eigenvalue weighted by Gasteiger charge is -2.21. The zero-order valence-corrected chi connectivity index (χ0v) is 11.5. The second kappa shape index (κ2) is 7.96. The fourth-order valence-electron chi connectivity index (χ4n) is 1.57. The van der Waals surface area contributed by atoms with E-state index in [2.05, 4.69) is 0 Å². The van der Waals surface area contributed by atoms with Crippen LogP contribution in [-0.2, 0) is 4.79 Å². The molecule has 0 bridgehead atoms. The molecule has 1 amide bonds. The predicted octanol–water partition coefficient (Wildman–Crippen LogP) is 2.09. The smallest absolute Gasteiger partial charge is 0.260 e. The lowest BCUT2D eigenvalue weighted by atomic mass is 10.3. The zero-order valence-electron chi connectivity index (χ0n) is 10.7. The van der Waals surface area contributed by atoms with Crippen LogP contribution in [0, 0.1) is 5.82 Å². The van der Waals surface area contributed by atoms with E-state index in [4.69, 9.17) is 21.4 Å². The minimum absolute atomic E-state index is 0.0942. The average Bonchev–Trinajstić information content (AvgIpc) is 2.37. The summed E-state index contributed by atoms with van der Waals surface area (Å²) in [5, 5.41) is 9.00. The Labute approximate surface area is 116 Å². The SMILES string of the molecule is CCCN(CCO)C(=O)COc1ccc(F)cc1Cl. The molecule has 106 valence electrons. The number of carbonyl (C=O) groups is 1. The first-order valence-corrected chi connectivity index (χ1v) is 6.42. The van der Waals surface area contributed by atoms with E-state index in [1.54, 1.807) is 0 Å². The highest BCUT2D eigenvalue weighted by molar-refractivity contribution is 6.32. The molecule has 0 aliphatic heterocycles. The molecule has 1 rings (SSSR count). The maximum atomic E-state index is 12.8. The number of amides is 1. The van der Waals surface area contributed by atoms with E-state index in [0.717, 1.165) is 12.5 Å². The summed E-state index contributed by atoms with van der Waals surface area (Å²) in [6.07, 6.45) is 0.795. The fourth-order valence-corrected chi connectivity index (χ4v) is 1.80. The van der Waals surface area contributed by atoms with Crippen molar-refractivity contribution in [3.63, 3.8) is 0 Å². The van der Waals surface area contributed by atoms with Gasteiger partial charge in [0.1, 0.15) is 11.6 Å². The van der Waals surface area contributed by atoms with E-state index in [0.29, 0.717) is 6.54 Å². The number of hydrogen-bond donors (Lipinski definition) is 1. The van der Waals surface area contributed by atoms with Gasteiger partial charge >= 0.3 is 0 Å². The number of aliphatic hydroxyl groups excluding tert-OH is 1. The summed E-state index contributed by atoms with van der Waals surface area (Å²) in [4.78, 5) is 13.4. The van der Waals surface area contributed by atoms with Crippen LogP contribution in [0.1, 0.15) is 13.3 Å². The zero-order chi connectivity index (χ0) is 14.3. The van der Waals surface area contributed by atoms with E-state index in [1.165, 1.54) is 17.0 Å². The molecule has 0 spiro atoms. The van der Waals surface area contributed by atoms with E-state index in [1.807, 2.05) is 6.92 Å². The number of halogens is 2. The van der Waals surface area contributed by atoms with Crippen LogP contribution in [0.25, 0.3) is 0 Å². The second-order valence-electron chi connectivity index (χ2n) is 3.97. The summed E-state index contributed by atoms with van der Waals surface area (Å²) < 4.78 is 18.1. The highest BCUT2D eigenvalue weighted by Crippen LogP contribution is 2.24. The van der Waals surface area contributed by atoms with E-state index >= 15 is 0 Å². The van der Waals surface area contributed by atoms with Crippen LogP contribution in [0.5, 0.6) is 5.75 Å². The van der Waals surface area contributed by atoms with E-state index in [9.17, 15) is 9.18 Å². The molecule has 19 heavy (non-hydrogen) atoms. The molecule has 0 saturated carbocycles. The highest BCUT2D eigenvalue weighted by atomic mass is 35.5. The Balaban J connectivity index is 2.56. The molecule has 1 aromatic rings. The van der Waals surface area contributed by atoms with Gasteiger partial charge in [0.2, 0.25) is 0 Å². The van der Waals surface area contributed by atoms with Crippen molar-refractivity contribution in [3.8, 4) is 5.75 Å². The van der Waals surface area contributed by atoms with Gasteiger partial charge in [0, 0.05) is 13.1 Å². The molecule has 0 aliphatic rings. The number of hydrogen-bond acceptors (Lipinski definition) is 3. The van der Waals surface area contributed by atoms with Crippen molar-refractivity contribution in [3.05, 3.63) is 29.0 Å². The molecule has 0 aliphatic carbocycles. The van der Waals surface area contributed by atoms with Crippen molar-refractivity contribution >= 4 is 17.5 Å². The number of carbonyl (C=O) groups excluding carboxylic acids is 1. The molecule has 1 aromatic carbocycles. The van der Waals surface area contributed by atoms with Gasteiger partial charge in [-0.1, -0.05) is 18.5 Å². The van der Waals surface area contributed by atoms with Crippen LogP contribution in [0.15, 0.2) is 18.2 Å². The predicted molar refractivity (Wildman–Crippen MR) is 70.9 cm³/mol. The van der Waals surface area contributed by atoms with Crippen molar-refractivity contribution in [1.29, 1.82) is 0 Å². The van der Waals surface area contributed by atoms with Crippen molar-refractivity contribution in [2.75, 3.05) is 26.3 Å². The van der Waals surface area contributed by atoms with Crippen LogP contribution >= 0.6 is 11.6 Å². The maximum Gasteiger partial charge on any atom is 0.260 e. The minimum atomic E-state index is -0.462. The topological polar surface area (TPSA) is 49.8 Å². The Hall–Kier alpha value is -1.33. The summed E-state index contributed by atoms with van der Waals surface area (Å²) in [7, 11) is 0. The molecule has 0 aromatic heterocycles. The third-order valence-electron chi connectivity index (χ3n) is 2.46. The van der Waals surface area contributed by atoms with Gasteiger partial charge in [-0.25, -0.2) is 4.39 Å². The summed E-state index contributed by atoms with van der Waals surface area (Å²) in [5.41, 5.74) is 0. The number of ether oxygens (including phenoxy) is 1. The Morgan fingerprint density at radius 1 is 1.47 bits per heavy atom. The molecule has 0 atom stereocenters. The first-order valence-electron chi connectivity index (χ1n) is 6.05. The Bertz CT molecular complexity index is 422. The van der Waals surface area contributed by atoms with E-state index < -0.39 is 5.82 Å². The molecule has 4 nitrogen and oxygen atoms in total. The quantitative estimate of drug-likeness (QED) is 0.836. The number of nitrogens with zero attached hydrogens (tertiary/aromatic N) is 1. The van der Waals surface area contributed by atoms with Gasteiger partial charge in [-0.05, 0) is 24.6 Å². The Morgan fingerprint density at radius 2 is 2.21 bits per heavy atom. The van der Waals surface area contributed by atoms with Gasteiger partial charge in [0.15, 0.2) is 6.61 Å². The van der Waals surface area contributed by atoms with Gasteiger partial charge in [-0.15, -0.1) is 0 Å². The fraction of sp³-hybridized carbons (Fsp3) is 0.462. The van der Waals surface area contributed by atoms with Crippen LogP contribution in [-0.4, -0.2) is 42.2 Å². The van der Waals surface area contributed by atoms with E-state index in [-0.39, 0.29) is 36.4 Å². The normalized spacial score (nSPS) is 10.3. The van der Waals surface area contributed by atoms with Gasteiger partial charge in [0.25, 0.3) is 5.91 Å². The highest BCUT2D eigenvalue weighted by Gasteiger charge is 2.13. The monoisotopic (exact) mass is 289 g/mol. The van der Waals surface area contributed by atoms with Crippen LogP contribution in [0.3, 0.4) is 0 Å². The Morgan fingerprint density at radius 3 is 2.79 bits per heavy atom. The Kier molecular flexibility index (Phi) is 6.59. The largest absolute Gasteiger partial charge is 0.482 e. The van der Waals surface area contributed by atoms with Crippen LogP contribution in [0.2, 0.25) is 5.02 Å². The first kappa shape index (κ1) is 15.7. The van der Waals surface area contributed by atoms with Crippen molar-refractivity contribution < 1.29 is 19.0 Å². The number of aliphatic hydroxyl groups is 1. The van der Waals surface area contributed by atoms with Gasteiger partial charge < -0.3 is 14.7 Å². The third-order valence-corrected chi connectivity index (χ3v) is 2.76. The minimum Gasteiger partial charge on any atom is -0.482 e. The van der Waals surface area contributed by atoms with Crippen molar-refractivity contribution in [2.24, 2.45) is 0 Å². The van der Waals surface area contributed by atoms with Gasteiger partial charge in [-0.3, -0.25) is 4.79 Å². The maximum absolute atomic E-state index is 12.8. The summed E-state index contributed by atoms with van der Waals surface area (Å²) in [6.45, 7) is 2.48. The molecule has 1 N–H and O–H groups in total. The standard InChI is InChI=1S/C13H17ClFNO3/c1-2-5-16(6-7-17)13(18)9-19-12-4-3-10(15)8-11(12)14/h3-4,8,17H,2,5-7,9H2,1H3. The molecule has 0 saturated heterocycles. The van der Waals surface area contributed by atoms with Crippen molar-refractivity contribution in [2.45, 2.75) is 13.3 Å². The molecular formula is C13H17ClFNO3. The molecule has 0 unspecified atom stereocenters. The molecule has 0 radical (unpaired) electrons. The summed E-state index contributed by atoms with van der Waals surface area (Å²) in [6, 6.07) is 3.71. The molecular weight excluding hydrogens is 273 g/mol. The lowest BCUT2D eigenvalue weighted by Crippen LogP contribution is -2.37. The average molecular weight is 290 g/mol. The number of benzene rings is 1. The van der Waals surface area contributed by atoms with Crippen molar-refractivity contribution in [1.82, 2.24) is 4.90 Å². The van der Waals surface area contributed by atoms with Gasteiger partial charge in [0.05, 0.1) is 11.6 Å². The lowest BCUT2D eigenvalue weighted by molar-refractivity contribution is -0.133. The van der Waals surface area contributed by atoms with Crippen LogP contribution in [0.4, 0.5) is 4.39 Å². The summed E-state index contributed by atoms with van der Waals surface area (Å²) in [5.74, 6) is -0.440. The first-order chi connectivity index (χ1) is 9.08. The van der Waals surface area contributed by atoms with Gasteiger partial charge in [-0.2, -0.15) is 0 Å². The second-order valence-corrected chi connectivity index (χ2v) is 4.38.